The Morgan fingerprint density at radius 2 is 1.78 bits per heavy atom. The van der Waals surface area contributed by atoms with Crippen LogP contribution in [0.4, 0.5) is 0 Å². The van der Waals surface area contributed by atoms with E-state index in [1.165, 1.54) is 57.8 Å². The van der Waals surface area contributed by atoms with Crippen molar-refractivity contribution >= 4 is 5.78 Å². The Balaban J connectivity index is 1.71. The summed E-state index contributed by atoms with van der Waals surface area (Å²) in [7, 11) is 0. The molecule has 7 atom stereocenters. The molecule has 23 heavy (non-hydrogen) atoms. The second-order valence-electron chi connectivity index (χ2n) is 10.3. The first-order chi connectivity index (χ1) is 10.9. The van der Waals surface area contributed by atoms with E-state index in [1.54, 1.807) is 0 Å². The molecule has 0 spiro atoms. The summed E-state index contributed by atoms with van der Waals surface area (Å²) in [6.45, 7) is 9.91. The molecular formula is C22H36O. The molecule has 0 amide bonds. The molecule has 4 aliphatic carbocycles. The van der Waals surface area contributed by atoms with E-state index < -0.39 is 0 Å². The lowest BCUT2D eigenvalue weighted by molar-refractivity contribution is -0.170. The lowest BCUT2D eigenvalue weighted by Gasteiger charge is -2.66. The Labute approximate surface area is 143 Å². The lowest BCUT2D eigenvalue weighted by Crippen LogP contribution is -2.58. The number of rotatable bonds is 1. The van der Waals surface area contributed by atoms with Crippen molar-refractivity contribution in [1.82, 2.24) is 0 Å². The molecule has 4 saturated carbocycles. The average Bonchev–Trinajstić information content (AvgIpc) is 2.82. The van der Waals surface area contributed by atoms with Gasteiger partial charge >= 0.3 is 0 Å². The van der Waals surface area contributed by atoms with Gasteiger partial charge in [-0.3, -0.25) is 4.79 Å². The zero-order chi connectivity index (χ0) is 16.5. The maximum Gasteiger partial charge on any atom is 0.139 e. The van der Waals surface area contributed by atoms with Gasteiger partial charge in [0.2, 0.25) is 0 Å². The summed E-state index contributed by atoms with van der Waals surface area (Å²) >= 11 is 0. The van der Waals surface area contributed by atoms with Gasteiger partial charge in [0.25, 0.3) is 0 Å². The van der Waals surface area contributed by atoms with Crippen LogP contribution in [-0.2, 0) is 4.79 Å². The van der Waals surface area contributed by atoms with Gasteiger partial charge in [-0.25, -0.2) is 0 Å². The standard InChI is InChI=1S/C22H36O/c1-5-22-13-8-15(2)14-20(22,3)11-9-16-17-6-7-19(23)21(17,4)12-10-18(16)22/h15-18H,5-14H2,1-4H3. The molecule has 130 valence electrons. The number of hydrogen-bond donors (Lipinski definition) is 0. The summed E-state index contributed by atoms with van der Waals surface area (Å²) in [6, 6.07) is 0. The van der Waals surface area contributed by atoms with Crippen LogP contribution in [0.15, 0.2) is 0 Å². The predicted octanol–water partition coefficient (Wildman–Crippen LogP) is 6.01. The Bertz CT molecular complexity index is 510. The van der Waals surface area contributed by atoms with E-state index in [4.69, 9.17) is 0 Å². The molecule has 4 aliphatic rings. The predicted molar refractivity (Wildman–Crippen MR) is 95.1 cm³/mol. The highest BCUT2D eigenvalue weighted by Gasteiger charge is 2.63. The second kappa shape index (κ2) is 5.09. The first kappa shape index (κ1) is 16.2. The Hall–Kier alpha value is -0.330. The van der Waals surface area contributed by atoms with Gasteiger partial charge < -0.3 is 0 Å². The minimum absolute atomic E-state index is 0.0474. The number of Topliss-reactive ketones (excluding diaryl/α,β-unsaturated/α-hetero) is 1. The summed E-state index contributed by atoms with van der Waals surface area (Å²) in [4.78, 5) is 12.5. The smallest absolute Gasteiger partial charge is 0.139 e. The van der Waals surface area contributed by atoms with Crippen molar-refractivity contribution in [3.8, 4) is 0 Å². The van der Waals surface area contributed by atoms with Crippen molar-refractivity contribution in [2.24, 2.45) is 39.9 Å². The normalized spacial score (nSPS) is 55.9. The fraction of sp³-hybridized carbons (Fsp3) is 0.955. The summed E-state index contributed by atoms with van der Waals surface area (Å²) in [5.41, 5.74) is 1.19. The van der Waals surface area contributed by atoms with Crippen molar-refractivity contribution in [2.75, 3.05) is 0 Å². The van der Waals surface area contributed by atoms with Crippen LogP contribution < -0.4 is 0 Å². The van der Waals surface area contributed by atoms with E-state index in [0.29, 0.717) is 22.5 Å². The molecule has 4 fully saturated rings. The minimum Gasteiger partial charge on any atom is -0.299 e. The molecule has 0 aromatic heterocycles. The molecule has 4 rings (SSSR count). The third kappa shape index (κ3) is 1.94. The molecule has 0 aromatic carbocycles. The maximum absolute atomic E-state index is 12.5. The van der Waals surface area contributed by atoms with Gasteiger partial charge in [-0.2, -0.15) is 0 Å². The van der Waals surface area contributed by atoms with Crippen LogP contribution >= 0.6 is 0 Å². The van der Waals surface area contributed by atoms with Crippen LogP contribution in [0, 0.1) is 39.9 Å². The third-order valence-electron chi connectivity index (χ3n) is 9.60. The van der Waals surface area contributed by atoms with Gasteiger partial charge in [-0.1, -0.05) is 34.1 Å². The van der Waals surface area contributed by atoms with Crippen LogP contribution in [0.25, 0.3) is 0 Å². The highest BCUT2D eigenvalue weighted by atomic mass is 16.1. The van der Waals surface area contributed by atoms with E-state index in [9.17, 15) is 4.79 Å². The topological polar surface area (TPSA) is 17.1 Å². The van der Waals surface area contributed by atoms with Gasteiger partial charge in [0.15, 0.2) is 0 Å². The minimum atomic E-state index is 0.0474. The highest BCUT2D eigenvalue weighted by molar-refractivity contribution is 5.87. The number of hydrogen-bond acceptors (Lipinski definition) is 1. The fourth-order valence-corrected chi connectivity index (χ4v) is 8.36. The Morgan fingerprint density at radius 1 is 1.00 bits per heavy atom. The first-order valence-corrected chi connectivity index (χ1v) is 10.4. The molecule has 0 bridgehead atoms. The maximum atomic E-state index is 12.5. The van der Waals surface area contributed by atoms with E-state index in [-0.39, 0.29) is 5.41 Å². The van der Waals surface area contributed by atoms with Crippen molar-refractivity contribution in [3.63, 3.8) is 0 Å². The van der Waals surface area contributed by atoms with Crippen LogP contribution in [-0.4, -0.2) is 5.78 Å². The molecule has 1 heteroatoms. The van der Waals surface area contributed by atoms with Gasteiger partial charge in [0.1, 0.15) is 5.78 Å². The summed E-state index contributed by atoms with van der Waals surface area (Å²) < 4.78 is 0. The summed E-state index contributed by atoms with van der Waals surface area (Å²) in [5, 5.41) is 0. The van der Waals surface area contributed by atoms with Crippen LogP contribution in [0.3, 0.4) is 0 Å². The van der Waals surface area contributed by atoms with Gasteiger partial charge in [0.05, 0.1) is 0 Å². The largest absolute Gasteiger partial charge is 0.299 e. The lowest BCUT2D eigenvalue weighted by atomic mass is 9.39. The third-order valence-corrected chi connectivity index (χ3v) is 9.60. The van der Waals surface area contributed by atoms with E-state index >= 15 is 0 Å². The van der Waals surface area contributed by atoms with Crippen molar-refractivity contribution in [1.29, 1.82) is 0 Å². The summed E-state index contributed by atoms with van der Waals surface area (Å²) in [6.07, 6.45) is 13.1. The zero-order valence-corrected chi connectivity index (χ0v) is 15.8. The first-order valence-electron chi connectivity index (χ1n) is 10.4. The van der Waals surface area contributed by atoms with E-state index in [1.807, 2.05) is 0 Å². The molecule has 0 N–H and O–H groups in total. The van der Waals surface area contributed by atoms with Crippen molar-refractivity contribution in [3.05, 3.63) is 0 Å². The number of fused-ring (bicyclic) bond motifs is 5. The number of carbonyl (C=O) groups is 1. The van der Waals surface area contributed by atoms with E-state index in [0.717, 1.165) is 24.2 Å². The van der Waals surface area contributed by atoms with Crippen molar-refractivity contribution in [2.45, 2.75) is 91.9 Å². The molecule has 0 aliphatic heterocycles. The van der Waals surface area contributed by atoms with Gasteiger partial charge in [0, 0.05) is 11.8 Å². The fourth-order valence-electron chi connectivity index (χ4n) is 8.36. The molecule has 0 heterocycles. The van der Waals surface area contributed by atoms with Gasteiger partial charge in [-0.05, 0) is 85.9 Å². The SMILES string of the molecule is CCC12CCC(C)CC1(C)CCC1C3CCC(=O)C3(C)CCC12. The highest BCUT2D eigenvalue weighted by Crippen LogP contribution is 2.70. The summed E-state index contributed by atoms with van der Waals surface area (Å²) in [5.74, 6) is 3.97. The van der Waals surface area contributed by atoms with E-state index in [2.05, 4.69) is 27.7 Å². The molecule has 1 nitrogen and oxygen atoms in total. The number of carbonyl (C=O) groups excluding carboxylic acids is 1. The quantitative estimate of drug-likeness (QED) is 0.578. The Kier molecular flexibility index (Phi) is 3.57. The van der Waals surface area contributed by atoms with Crippen LogP contribution in [0.1, 0.15) is 91.9 Å². The number of ketones is 1. The molecular weight excluding hydrogens is 280 g/mol. The molecule has 7 unspecified atom stereocenters. The van der Waals surface area contributed by atoms with Gasteiger partial charge in [-0.15, -0.1) is 0 Å². The van der Waals surface area contributed by atoms with Crippen LogP contribution in [0.2, 0.25) is 0 Å². The second-order valence-corrected chi connectivity index (χ2v) is 10.3. The molecule has 0 saturated heterocycles. The Morgan fingerprint density at radius 3 is 2.52 bits per heavy atom. The molecule has 0 aromatic rings. The average molecular weight is 317 g/mol. The zero-order valence-electron chi connectivity index (χ0n) is 15.8. The van der Waals surface area contributed by atoms with Crippen LogP contribution in [0.5, 0.6) is 0 Å². The molecule has 0 radical (unpaired) electrons. The van der Waals surface area contributed by atoms with Crippen molar-refractivity contribution < 1.29 is 4.79 Å². The monoisotopic (exact) mass is 316 g/mol.